The van der Waals surface area contributed by atoms with Gasteiger partial charge in [-0.3, -0.25) is 13.9 Å². The molecule has 214 valence electrons. The fourth-order valence-electron chi connectivity index (χ4n) is 4.04. The molecule has 8 nitrogen and oxygen atoms in total. The number of nitrogens with zero attached hydrogens (tertiary/aromatic N) is 2. The number of benzene rings is 3. The minimum absolute atomic E-state index is 0.00706. The molecule has 3 aromatic carbocycles. The van der Waals surface area contributed by atoms with Crippen molar-refractivity contribution in [3.8, 4) is 5.75 Å². The summed E-state index contributed by atoms with van der Waals surface area (Å²) in [7, 11) is -2.69. The van der Waals surface area contributed by atoms with Crippen LogP contribution in [-0.2, 0) is 26.2 Å². The van der Waals surface area contributed by atoms with Gasteiger partial charge in [-0.25, -0.2) is 8.42 Å². The Morgan fingerprint density at radius 2 is 1.57 bits per heavy atom. The number of carbonyl (C=O) groups excluding carboxylic acids is 2. The van der Waals surface area contributed by atoms with Crippen molar-refractivity contribution in [3.05, 3.63) is 87.9 Å². The predicted octanol–water partition coefficient (Wildman–Crippen LogP) is 5.21. The molecule has 2 amide bonds. The van der Waals surface area contributed by atoms with E-state index in [1.165, 1.54) is 24.1 Å². The number of hydrogen-bond donors (Lipinski definition) is 1. The second-order valence-corrected chi connectivity index (χ2v) is 12.3. The minimum Gasteiger partial charge on any atom is -0.496 e. The standard InChI is InChI=1S/C30H36BrN3O5S/c1-6-17-32-30(36)23(4)33(19-24-11-7-21(2)8-12-24)29(35)20-34(25-13-9-22(3)10-14-25)40(37,38)26-15-16-28(39-5)27(31)18-26/h7-16,18,23H,6,17,19-20H2,1-5H3,(H,32,36)/t23-/m1/s1. The molecule has 0 spiro atoms. The minimum atomic E-state index is -4.18. The molecule has 0 aliphatic rings. The molecule has 0 aliphatic carbocycles. The summed E-state index contributed by atoms with van der Waals surface area (Å²) < 4.78 is 34.8. The van der Waals surface area contributed by atoms with Crippen LogP contribution in [0, 0.1) is 13.8 Å². The number of hydrogen-bond acceptors (Lipinski definition) is 5. The van der Waals surface area contributed by atoms with E-state index in [9.17, 15) is 18.0 Å². The number of carbonyl (C=O) groups is 2. The Hall–Kier alpha value is -3.37. The van der Waals surface area contributed by atoms with Crippen molar-refractivity contribution in [1.82, 2.24) is 10.2 Å². The molecule has 40 heavy (non-hydrogen) atoms. The van der Waals surface area contributed by atoms with E-state index in [1.54, 1.807) is 37.3 Å². The molecule has 3 aromatic rings. The lowest BCUT2D eigenvalue weighted by atomic mass is 10.1. The maximum atomic E-state index is 14.0. The van der Waals surface area contributed by atoms with Crippen molar-refractivity contribution in [2.45, 2.75) is 51.6 Å². The zero-order valence-electron chi connectivity index (χ0n) is 23.5. The molecule has 1 atom stereocenters. The van der Waals surface area contributed by atoms with Gasteiger partial charge in [0.25, 0.3) is 10.0 Å². The van der Waals surface area contributed by atoms with Crippen LogP contribution >= 0.6 is 15.9 Å². The van der Waals surface area contributed by atoms with Gasteiger partial charge < -0.3 is 15.0 Å². The Morgan fingerprint density at radius 3 is 2.12 bits per heavy atom. The molecule has 0 radical (unpaired) electrons. The first-order chi connectivity index (χ1) is 19.0. The van der Waals surface area contributed by atoms with E-state index < -0.39 is 28.5 Å². The molecule has 10 heteroatoms. The number of sulfonamides is 1. The molecule has 1 N–H and O–H groups in total. The highest BCUT2D eigenvalue weighted by molar-refractivity contribution is 9.10. The Labute approximate surface area is 245 Å². The lowest BCUT2D eigenvalue weighted by Crippen LogP contribution is -2.51. The first kappa shape index (κ1) is 31.2. The first-order valence-corrected chi connectivity index (χ1v) is 15.3. The number of rotatable bonds is 12. The van der Waals surface area contributed by atoms with Gasteiger partial charge in [-0.2, -0.15) is 0 Å². The molecule has 0 unspecified atom stereocenters. The van der Waals surface area contributed by atoms with Crippen LogP contribution in [0.5, 0.6) is 5.75 Å². The Kier molecular flexibility index (Phi) is 10.8. The predicted molar refractivity (Wildman–Crippen MR) is 161 cm³/mol. The highest BCUT2D eigenvalue weighted by Gasteiger charge is 2.32. The molecular formula is C30H36BrN3O5S. The second kappa shape index (κ2) is 13.8. The van der Waals surface area contributed by atoms with Crippen LogP contribution < -0.4 is 14.4 Å². The van der Waals surface area contributed by atoms with Crippen molar-refractivity contribution < 1.29 is 22.7 Å². The highest BCUT2D eigenvalue weighted by atomic mass is 79.9. The van der Waals surface area contributed by atoms with E-state index >= 15 is 0 Å². The largest absolute Gasteiger partial charge is 0.496 e. The molecule has 0 saturated heterocycles. The summed E-state index contributed by atoms with van der Waals surface area (Å²) in [6.45, 7) is 7.60. The van der Waals surface area contributed by atoms with Gasteiger partial charge in [0.15, 0.2) is 0 Å². The van der Waals surface area contributed by atoms with Gasteiger partial charge in [-0.05, 0) is 79.0 Å². The Bertz CT molecular complexity index is 1430. The maximum absolute atomic E-state index is 14.0. The monoisotopic (exact) mass is 629 g/mol. The van der Waals surface area contributed by atoms with E-state index in [2.05, 4.69) is 21.2 Å². The Morgan fingerprint density at radius 1 is 0.975 bits per heavy atom. The normalized spacial score (nSPS) is 11.9. The highest BCUT2D eigenvalue weighted by Crippen LogP contribution is 2.31. The van der Waals surface area contributed by atoms with Gasteiger partial charge in [0.2, 0.25) is 11.8 Å². The number of amides is 2. The molecule has 0 saturated carbocycles. The van der Waals surface area contributed by atoms with Crippen LogP contribution in [-0.4, -0.2) is 51.4 Å². The van der Waals surface area contributed by atoms with Crippen molar-refractivity contribution in [3.63, 3.8) is 0 Å². The first-order valence-electron chi connectivity index (χ1n) is 13.0. The summed E-state index contributed by atoms with van der Waals surface area (Å²) >= 11 is 3.36. The summed E-state index contributed by atoms with van der Waals surface area (Å²) in [4.78, 5) is 28.3. The number of nitrogens with one attached hydrogen (secondary N) is 1. The van der Waals surface area contributed by atoms with Crippen molar-refractivity contribution in [1.29, 1.82) is 0 Å². The number of ether oxygens (including phenoxy) is 1. The van der Waals surface area contributed by atoms with Crippen LogP contribution in [0.15, 0.2) is 76.1 Å². The zero-order chi connectivity index (χ0) is 29.4. The fraction of sp³-hybridized carbons (Fsp3) is 0.333. The third-order valence-corrected chi connectivity index (χ3v) is 8.89. The zero-order valence-corrected chi connectivity index (χ0v) is 25.9. The van der Waals surface area contributed by atoms with Crippen LogP contribution in [0.4, 0.5) is 5.69 Å². The fourth-order valence-corrected chi connectivity index (χ4v) is 6.18. The summed E-state index contributed by atoms with van der Waals surface area (Å²) in [5.41, 5.74) is 3.18. The van der Waals surface area contributed by atoms with E-state index in [1.807, 2.05) is 45.0 Å². The van der Waals surface area contributed by atoms with Crippen LogP contribution in [0.3, 0.4) is 0 Å². The number of anilines is 1. The maximum Gasteiger partial charge on any atom is 0.264 e. The molecule has 0 heterocycles. The summed E-state index contributed by atoms with van der Waals surface area (Å²) in [5.74, 6) is -0.323. The van der Waals surface area contributed by atoms with Crippen molar-refractivity contribution in [2.75, 3.05) is 24.5 Å². The number of methoxy groups -OCH3 is 1. The van der Waals surface area contributed by atoms with Gasteiger partial charge in [0, 0.05) is 13.1 Å². The molecule has 0 bridgehead atoms. The van der Waals surface area contributed by atoms with E-state index in [0.717, 1.165) is 27.4 Å². The SMILES string of the molecule is CCCNC(=O)[C@@H](C)N(Cc1ccc(C)cc1)C(=O)CN(c1ccc(C)cc1)S(=O)(=O)c1ccc(OC)c(Br)c1. The lowest BCUT2D eigenvalue weighted by Gasteiger charge is -2.32. The smallest absolute Gasteiger partial charge is 0.264 e. The molecule has 0 aromatic heterocycles. The molecule has 3 rings (SSSR count). The van der Waals surface area contributed by atoms with Crippen LogP contribution in [0.25, 0.3) is 0 Å². The van der Waals surface area contributed by atoms with Gasteiger partial charge in [0.1, 0.15) is 18.3 Å². The number of halogens is 1. The van der Waals surface area contributed by atoms with E-state index in [0.29, 0.717) is 22.5 Å². The quantitative estimate of drug-likeness (QED) is 0.297. The summed E-state index contributed by atoms with van der Waals surface area (Å²) in [6.07, 6.45) is 0.751. The average molecular weight is 631 g/mol. The molecular weight excluding hydrogens is 594 g/mol. The summed E-state index contributed by atoms with van der Waals surface area (Å²) in [5, 5.41) is 2.84. The van der Waals surface area contributed by atoms with Crippen molar-refractivity contribution in [2.24, 2.45) is 0 Å². The third-order valence-electron chi connectivity index (χ3n) is 6.50. The van der Waals surface area contributed by atoms with Gasteiger partial charge in [-0.15, -0.1) is 0 Å². The van der Waals surface area contributed by atoms with Gasteiger partial charge in [-0.1, -0.05) is 54.4 Å². The van der Waals surface area contributed by atoms with E-state index in [4.69, 9.17) is 4.74 Å². The van der Waals surface area contributed by atoms with Gasteiger partial charge in [0.05, 0.1) is 22.2 Å². The van der Waals surface area contributed by atoms with Crippen LogP contribution in [0.2, 0.25) is 0 Å². The summed E-state index contributed by atoms with van der Waals surface area (Å²) in [6, 6.07) is 18.2. The molecule has 0 fully saturated rings. The Balaban J connectivity index is 2.03. The number of aryl methyl sites for hydroxylation is 2. The lowest BCUT2D eigenvalue weighted by molar-refractivity contribution is -0.139. The topological polar surface area (TPSA) is 96.0 Å². The van der Waals surface area contributed by atoms with Crippen LogP contribution in [0.1, 0.15) is 37.0 Å². The molecule has 0 aliphatic heterocycles. The van der Waals surface area contributed by atoms with Crippen molar-refractivity contribution >= 4 is 43.5 Å². The van der Waals surface area contributed by atoms with Gasteiger partial charge >= 0.3 is 0 Å². The second-order valence-electron chi connectivity index (χ2n) is 9.62. The van der Waals surface area contributed by atoms with E-state index in [-0.39, 0.29) is 17.3 Å². The third kappa shape index (κ3) is 7.63. The average Bonchev–Trinajstić information content (AvgIpc) is 2.94.